The summed E-state index contributed by atoms with van der Waals surface area (Å²) in [5.41, 5.74) is 12.3. The lowest BCUT2D eigenvalue weighted by molar-refractivity contribution is -0.142. The van der Waals surface area contributed by atoms with Gasteiger partial charge in [0.2, 0.25) is 23.6 Å². The van der Waals surface area contributed by atoms with E-state index in [1.807, 2.05) is 18.2 Å². The molecule has 0 saturated carbocycles. The number of hydrogen-bond acceptors (Lipinski definition) is 7. The van der Waals surface area contributed by atoms with Gasteiger partial charge in [-0.1, -0.05) is 32.0 Å². The van der Waals surface area contributed by atoms with Crippen molar-refractivity contribution in [3.8, 4) is 0 Å². The minimum absolute atomic E-state index is 0.0116. The molecule has 2 rings (SSSR count). The molecule has 1 aromatic heterocycles. The Kier molecular flexibility index (Phi) is 10.6. The molecular formula is C24H34N6O7. The van der Waals surface area contributed by atoms with E-state index in [0.29, 0.717) is 5.56 Å². The van der Waals surface area contributed by atoms with Crippen LogP contribution in [0.15, 0.2) is 30.5 Å². The third-order valence-corrected chi connectivity index (χ3v) is 5.81. The molecule has 0 radical (unpaired) electrons. The Bertz CT molecular complexity index is 1130. The third-order valence-electron chi connectivity index (χ3n) is 5.81. The number of primary amides is 1. The first-order chi connectivity index (χ1) is 17.4. The fourth-order valence-electron chi connectivity index (χ4n) is 3.67. The number of amides is 4. The van der Waals surface area contributed by atoms with Crippen LogP contribution in [0.2, 0.25) is 0 Å². The molecule has 0 saturated heterocycles. The van der Waals surface area contributed by atoms with E-state index in [4.69, 9.17) is 11.5 Å². The van der Waals surface area contributed by atoms with Gasteiger partial charge in [0, 0.05) is 29.9 Å². The first kappa shape index (κ1) is 29.3. The number of benzene rings is 1. The Morgan fingerprint density at radius 3 is 2.22 bits per heavy atom. The number of hydrogen-bond donors (Lipinski definition) is 8. The van der Waals surface area contributed by atoms with Crippen molar-refractivity contribution in [3.05, 3.63) is 36.0 Å². The quantitative estimate of drug-likeness (QED) is 0.146. The zero-order valence-corrected chi connectivity index (χ0v) is 20.7. The van der Waals surface area contributed by atoms with Gasteiger partial charge in [-0.2, -0.15) is 0 Å². The smallest absolute Gasteiger partial charge is 0.326 e. The maximum absolute atomic E-state index is 12.9. The summed E-state index contributed by atoms with van der Waals surface area (Å²) in [5, 5.41) is 27.4. The summed E-state index contributed by atoms with van der Waals surface area (Å²) in [6.07, 6.45) is 1.50. The summed E-state index contributed by atoms with van der Waals surface area (Å²) in [7, 11) is 0. The Balaban J connectivity index is 2.05. The second kappa shape index (κ2) is 13.4. The average Bonchev–Trinajstić information content (AvgIpc) is 3.25. The number of aromatic amines is 1. The first-order valence-electron chi connectivity index (χ1n) is 11.8. The van der Waals surface area contributed by atoms with Crippen molar-refractivity contribution in [2.24, 2.45) is 17.4 Å². The normalized spacial score (nSPS) is 14.4. The number of nitrogens with one attached hydrogen (secondary N) is 4. The van der Waals surface area contributed by atoms with Gasteiger partial charge in [0.05, 0.1) is 12.6 Å². The molecule has 0 aliphatic heterocycles. The fourth-order valence-corrected chi connectivity index (χ4v) is 3.67. The molecule has 1 aromatic carbocycles. The number of para-hydroxylation sites is 1. The van der Waals surface area contributed by atoms with Crippen molar-refractivity contribution in [1.29, 1.82) is 0 Å². The van der Waals surface area contributed by atoms with Gasteiger partial charge < -0.3 is 42.6 Å². The molecule has 0 spiro atoms. The van der Waals surface area contributed by atoms with E-state index in [-0.39, 0.29) is 19.3 Å². The Morgan fingerprint density at radius 2 is 1.62 bits per heavy atom. The molecule has 2 aromatic rings. The number of aliphatic hydroxyl groups is 1. The number of aromatic nitrogens is 1. The van der Waals surface area contributed by atoms with E-state index in [2.05, 4.69) is 20.9 Å². The minimum Gasteiger partial charge on any atom is -0.480 e. The number of rotatable bonds is 14. The van der Waals surface area contributed by atoms with Gasteiger partial charge in [-0.3, -0.25) is 19.2 Å². The fraction of sp³-hybridized carbons (Fsp3) is 0.458. The van der Waals surface area contributed by atoms with Crippen LogP contribution in [0.4, 0.5) is 0 Å². The number of fused-ring (bicyclic) bond motifs is 1. The van der Waals surface area contributed by atoms with Crippen LogP contribution in [0.25, 0.3) is 10.9 Å². The number of carboxylic acids is 1. The molecule has 4 atom stereocenters. The molecule has 13 heteroatoms. The van der Waals surface area contributed by atoms with Crippen LogP contribution < -0.4 is 27.4 Å². The highest BCUT2D eigenvalue weighted by molar-refractivity contribution is 5.94. The van der Waals surface area contributed by atoms with Crippen molar-refractivity contribution in [1.82, 2.24) is 20.9 Å². The first-order valence-corrected chi connectivity index (χ1v) is 11.8. The maximum Gasteiger partial charge on any atom is 0.326 e. The SMILES string of the molecule is CC(C)C(NC(=O)C(N)CCC(N)=O)C(=O)NC(CO)C(=O)NC(Cc1c[nH]c2ccccc12)C(=O)O. The van der Waals surface area contributed by atoms with E-state index >= 15 is 0 Å². The standard InChI is InChI=1S/C24H34N6O7/c1-12(2)20(30-21(33)15(25)7-8-19(26)32)23(35)29-18(11-31)22(34)28-17(24(36)37)9-13-10-27-16-6-4-3-5-14(13)16/h3-6,10,12,15,17-18,20,27,31H,7-9,11,25H2,1-2H3,(H2,26,32)(H,28,34)(H,29,35)(H,30,33)(H,36,37). The second-order valence-electron chi connectivity index (χ2n) is 9.05. The molecule has 4 unspecified atom stereocenters. The van der Waals surface area contributed by atoms with Crippen molar-refractivity contribution < 1.29 is 34.2 Å². The van der Waals surface area contributed by atoms with E-state index in [1.54, 1.807) is 26.1 Å². The van der Waals surface area contributed by atoms with E-state index in [0.717, 1.165) is 10.9 Å². The van der Waals surface area contributed by atoms with Crippen LogP contribution in [-0.4, -0.2) is 75.6 Å². The Hall–Kier alpha value is -3.97. The number of aliphatic hydroxyl groups excluding tert-OH is 1. The zero-order chi connectivity index (χ0) is 27.7. The monoisotopic (exact) mass is 518 g/mol. The highest BCUT2D eigenvalue weighted by Crippen LogP contribution is 2.19. The Labute approximate surface area is 213 Å². The predicted octanol–water partition coefficient (Wildman–Crippen LogP) is -1.51. The zero-order valence-electron chi connectivity index (χ0n) is 20.7. The van der Waals surface area contributed by atoms with E-state index < -0.39 is 66.3 Å². The second-order valence-corrected chi connectivity index (χ2v) is 9.05. The highest BCUT2D eigenvalue weighted by Gasteiger charge is 2.31. The molecule has 13 nitrogen and oxygen atoms in total. The number of carbonyl (C=O) groups excluding carboxylic acids is 4. The molecular weight excluding hydrogens is 484 g/mol. The molecule has 202 valence electrons. The number of H-pyrrole nitrogens is 1. The largest absolute Gasteiger partial charge is 0.480 e. The van der Waals surface area contributed by atoms with E-state index in [1.165, 1.54) is 0 Å². The van der Waals surface area contributed by atoms with Crippen molar-refractivity contribution in [2.75, 3.05) is 6.61 Å². The van der Waals surface area contributed by atoms with Gasteiger partial charge in [-0.05, 0) is 24.0 Å². The van der Waals surface area contributed by atoms with Gasteiger partial charge in [0.25, 0.3) is 0 Å². The highest BCUT2D eigenvalue weighted by atomic mass is 16.4. The van der Waals surface area contributed by atoms with Crippen molar-refractivity contribution in [3.63, 3.8) is 0 Å². The molecule has 4 amide bonds. The molecule has 0 fully saturated rings. The van der Waals surface area contributed by atoms with Crippen LogP contribution in [0.3, 0.4) is 0 Å². The van der Waals surface area contributed by atoms with Gasteiger partial charge in [0.15, 0.2) is 0 Å². The van der Waals surface area contributed by atoms with Gasteiger partial charge in [-0.25, -0.2) is 4.79 Å². The van der Waals surface area contributed by atoms with Crippen LogP contribution >= 0.6 is 0 Å². The van der Waals surface area contributed by atoms with Crippen molar-refractivity contribution >= 4 is 40.5 Å². The topological polar surface area (TPSA) is 230 Å². The lowest BCUT2D eigenvalue weighted by atomic mass is 10.0. The summed E-state index contributed by atoms with van der Waals surface area (Å²) < 4.78 is 0. The van der Waals surface area contributed by atoms with E-state index in [9.17, 15) is 34.2 Å². The molecule has 0 aliphatic carbocycles. The van der Waals surface area contributed by atoms with Gasteiger partial charge in [-0.15, -0.1) is 0 Å². The van der Waals surface area contributed by atoms with Crippen molar-refractivity contribution in [2.45, 2.75) is 57.3 Å². The van der Waals surface area contributed by atoms with Crippen LogP contribution in [-0.2, 0) is 30.4 Å². The molecule has 1 heterocycles. The maximum atomic E-state index is 12.9. The van der Waals surface area contributed by atoms with Crippen LogP contribution in [0, 0.1) is 5.92 Å². The number of nitrogens with two attached hydrogens (primary N) is 2. The van der Waals surface area contributed by atoms with Gasteiger partial charge >= 0.3 is 5.97 Å². The lowest BCUT2D eigenvalue weighted by Gasteiger charge is -2.26. The van der Waals surface area contributed by atoms with Crippen LogP contribution in [0.1, 0.15) is 32.3 Å². The number of aliphatic carboxylic acids is 1. The van der Waals surface area contributed by atoms with Gasteiger partial charge in [0.1, 0.15) is 18.1 Å². The third kappa shape index (κ3) is 8.29. The molecule has 10 N–H and O–H groups in total. The minimum atomic E-state index is -1.47. The predicted molar refractivity (Wildman–Crippen MR) is 134 cm³/mol. The molecule has 37 heavy (non-hydrogen) atoms. The summed E-state index contributed by atoms with van der Waals surface area (Å²) in [4.78, 5) is 63.8. The summed E-state index contributed by atoms with van der Waals surface area (Å²) >= 11 is 0. The summed E-state index contributed by atoms with van der Waals surface area (Å²) in [6.45, 7) is 2.48. The van der Waals surface area contributed by atoms with Crippen LogP contribution in [0.5, 0.6) is 0 Å². The molecule has 0 bridgehead atoms. The summed E-state index contributed by atoms with van der Waals surface area (Å²) in [6, 6.07) is 2.28. The lowest BCUT2D eigenvalue weighted by Crippen LogP contribution is -2.59. The number of carboxylic acid groups (broad SMARTS) is 1. The Morgan fingerprint density at radius 1 is 0.973 bits per heavy atom. The summed E-state index contributed by atoms with van der Waals surface area (Å²) in [5.74, 6) is -4.71. The average molecular weight is 519 g/mol. The molecule has 0 aliphatic rings. The number of carbonyl (C=O) groups is 5.